The van der Waals surface area contributed by atoms with Crippen LogP contribution in [0.2, 0.25) is 0 Å². The first kappa shape index (κ1) is 21.9. The van der Waals surface area contributed by atoms with Gasteiger partial charge in [-0.1, -0.05) is 0 Å². The van der Waals surface area contributed by atoms with Crippen LogP contribution in [0.15, 0.2) is 53.4 Å². The van der Waals surface area contributed by atoms with Crippen LogP contribution in [-0.2, 0) is 19.6 Å². The molecule has 9 heteroatoms. The third-order valence-corrected chi connectivity index (χ3v) is 6.84. The number of nitrogens with zero attached hydrogens (tertiary/aromatic N) is 1. The number of sulfonamides is 1. The molecule has 0 spiro atoms. The van der Waals surface area contributed by atoms with Crippen LogP contribution >= 0.6 is 0 Å². The molecule has 1 aliphatic heterocycles. The third-order valence-electron chi connectivity index (χ3n) is 4.93. The predicted molar refractivity (Wildman–Crippen MR) is 109 cm³/mol. The van der Waals surface area contributed by atoms with Crippen molar-refractivity contribution in [3.8, 4) is 0 Å². The summed E-state index contributed by atoms with van der Waals surface area (Å²) < 4.78 is 45.1. The van der Waals surface area contributed by atoms with Crippen molar-refractivity contribution >= 4 is 27.6 Å². The lowest BCUT2D eigenvalue weighted by molar-refractivity contribution is -0.149. The molecular weight excluding hydrogens is 411 g/mol. The summed E-state index contributed by atoms with van der Waals surface area (Å²) in [5, 5.41) is 2.64. The van der Waals surface area contributed by atoms with E-state index in [2.05, 4.69) is 5.32 Å². The normalized spacial score (nSPS) is 15.5. The minimum atomic E-state index is -3.70. The Morgan fingerprint density at radius 3 is 2.23 bits per heavy atom. The molecule has 1 N–H and O–H groups in total. The fourth-order valence-corrected chi connectivity index (χ4v) is 4.73. The summed E-state index contributed by atoms with van der Waals surface area (Å²) in [5.74, 6) is -1.42. The quantitative estimate of drug-likeness (QED) is 0.706. The molecule has 1 aliphatic rings. The number of anilines is 1. The summed E-state index contributed by atoms with van der Waals surface area (Å²) in [7, 11) is -3.70. The SMILES string of the molecule is CCOC(=O)C1CCN(S(=O)(=O)c2ccc(NC(=O)c3ccc(F)cc3)cc2)CC1. The van der Waals surface area contributed by atoms with E-state index >= 15 is 0 Å². The Balaban J connectivity index is 1.63. The standard InChI is InChI=1S/C21H23FN2O5S/c1-2-29-21(26)16-11-13-24(14-12-16)30(27,28)19-9-7-18(8-10-19)23-20(25)15-3-5-17(22)6-4-15/h3-10,16H,2,11-14H2,1H3,(H,23,25). The van der Waals surface area contributed by atoms with E-state index in [0.717, 1.165) is 0 Å². The number of benzene rings is 2. The molecule has 2 aromatic rings. The van der Waals surface area contributed by atoms with Gasteiger partial charge in [0.15, 0.2) is 0 Å². The van der Waals surface area contributed by atoms with Crippen LogP contribution in [0.1, 0.15) is 30.1 Å². The highest BCUT2D eigenvalue weighted by atomic mass is 32.2. The summed E-state index contributed by atoms with van der Waals surface area (Å²) >= 11 is 0. The number of ether oxygens (including phenoxy) is 1. The molecule has 1 heterocycles. The van der Waals surface area contributed by atoms with Gasteiger partial charge in [0.05, 0.1) is 17.4 Å². The van der Waals surface area contributed by atoms with Gasteiger partial charge in [-0.05, 0) is 68.3 Å². The molecule has 0 unspecified atom stereocenters. The van der Waals surface area contributed by atoms with Crippen LogP contribution < -0.4 is 5.32 Å². The van der Waals surface area contributed by atoms with Gasteiger partial charge < -0.3 is 10.1 Å². The van der Waals surface area contributed by atoms with Gasteiger partial charge in [-0.3, -0.25) is 9.59 Å². The molecule has 1 amide bonds. The molecule has 160 valence electrons. The van der Waals surface area contributed by atoms with E-state index in [0.29, 0.717) is 25.1 Å². The van der Waals surface area contributed by atoms with Gasteiger partial charge in [-0.15, -0.1) is 0 Å². The monoisotopic (exact) mass is 434 g/mol. The zero-order chi connectivity index (χ0) is 21.7. The number of halogens is 1. The second-order valence-electron chi connectivity index (χ2n) is 6.92. The van der Waals surface area contributed by atoms with Gasteiger partial charge in [-0.25, -0.2) is 12.8 Å². The van der Waals surface area contributed by atoms with Crippen molar-refractivity contribution in [1.82, 2.24) is 4.31 Å². The summed E-state index contributed by atoms with van der Waals surface area (Å²) in [6.07, 6.45) is 0.841. The van der Waals surface area contributed by atoms with Crippen molar-refractivity contribution in [3.05, 3.63) is 59.9 Å². The molecule has 1 fully saturated rings. The molecule has 3 rings (SSSR count). The summed E-state index contributed by atoms with van der Waals surface area (Å²) in [4.78, 5) is 24.1. The smallest absolute Gasteiger partial charge is 0.309 e. The van der Waals surface area contributed by atoms with Crippen molar-refractivity contribution in [2.24, 2.45) is 5.92 Å². The summed E-state index contributed by atoms with van der Waals surface area (Å²) in [5.41, 5.74) is 0.710. The van der Waals surface area contributed by atoms with E-state index < -0.39 is 21.7 Å². The van der Waals surface area contributed by atoms with Crippen molar-refractivity contribution < 1.29 is 27.1 Å². The topological polar surface area (TPSA) is 92.8 Å². The fourth-order valence-electron chi connectivity index (χ4n) is 3.26. The number of carbonyl (C=O) groups is 2. The number of carbonyl (C=O) groups excluding carboxylic acids is 2. The van der Waals surface area contributed by atoms with Crippen LogP contribution in [0.4, 0.5) is 10.1 Å². The van der Waals surface area contributed by atoms with E-state index in [1.165, 1.54) is 52.8 Å². The first-order chi connectivity index (χ1) is 14.3. The van der Waals surface area contributed by atoms with Gasteiger partial charge in [0.25, 0.3) is 5.91 Å². The number of rotatable bonds is 6. The Hall–Kier alpha value is -2.78. The molecule has 0 aliphatic carbocycles. The van der Waals surface area contributed by atoms with E-state index in [1.54, 1.807) is 6.92 Å². The Labute approximate surface area is 174 Å². The number of piperidine rings is 1. The minimum Gasteiger partial charge on any atom is -0.466 e. The number of esters is 1. The number of hydrogen-bond donors (Lipinski definition) is 1. The number of hydrogen-bond acceptors (Lipinski definition) is 5. The van der Waals surface area contributed by atoms with Gasteiger partial charge >= 0.3 is 5.97 Å². The van der Waals surface area contributed by atoms with Crippen molar-refractivity contribution in [2.45, 2.75) is 24.7 Å². The first-order valence-electron chi connectivity index (χ1n) is 9.65. The lowest BCUT2D eigenvalue weighted by atomic mass is 9.98. The molecule has 0 radical (unpaired) electrons. The lowest BCUT2D eigenvalue weighted by Gasteiger charge is -2.30. The average Bonchev–Trinajstić information content (AvgIpc) is 2.75. The van der Waals surface area contributed by atoms with E-state index in [-0.39, 0.29) is 35.4 Å². The summed E-state index contributed by atoms with van der Waals surface area (Å²) in [6, 6.07) is 11.0. The highest BCUT2D eigenvalue weighted by Crippen LogP contribution is 2.25. The molecule has 0 saturated carbocycles. The van der Waals surface area contributed by atoms with Crippen molar-refractivity contribution in [2.75, 3.05) is 25.0 Å². The largest absolute Gasteiger partial charge is 0.466 e. The van der Waals surface area contributed by atoms with Gasteiger partial charge in [0.1, 0.15) is 5.82 Å². The van der Waals surface area contributed by atoms with E-state index in [1.807, 2.05) is 0 Å². The molecule has 0 atom stereocenters. The molecular formula is C21H23FN2O5S. The van der Waals surface area contributed by atoms with E-state index in [9.17, 15) is 22.4 Å². The number of amides is 1. The predicted octanol–water partition coefficient (Wildman–Crippen LogP) is 3.04. The van der Waals surface area contributed by atoms with Crippen molar-refractivity contribution in [3.63, 3.8) is 0 Å². The molecule has 30 heavy (non-hydrogen) atoms. The zero-order valence-electron chi connectivity index (χ0n) is 16.5. The Morgan fingerprint density at radius 2 is 1.67 bits per heavy atom. The van der Waals surface area contributed by atoms with E-state index in [4.69, 9.17) is 4.74 Å². The maximum absolute atomic E-state index is 13.0. The number of nitrogens with one attached hydrogen (secondary N) is 1. The highest BCUT2D eigenvalue weighted by molar-refractivity contribution is 7.89. The molecule has 0 aromatic heterocycles. The van der Waals surface area contributed by atoms with Gasteiger partial charge in [-0.2, -0.15) is 4.31 Å². The fraction of sp³-hybridized carbons (Fsp3) is 0.333. The van der Waals surface area contributed by atoms with Crippen LogP contribution in [0.3, 0.4) is 0 Å². The second kappa shape index (κ2) is 9.36. The average molecular weight is 434 g/mol. The third kappa shape index (κ3) is 5.03. The van der Waals surface area contributed by atoms with Crippen LogP contribution in [-0.4, -0.2) is 44.3 Å². The van der Waals surface area contributed by atoms with Crippen LogP contribution in [0, 0.1) is 11.7 Å². The zero-order valence-corrected chi connectivity index (χ0v) is 17.3. The maximum Gasteiger partial charge on any atom is 0.309 e. The summed E-state index contributed by atoms with van der Waals surface area (Å²) in [6.45, 7) is 2.54. The van der Waals surface area contributed by atoms with Crippen LogP contribution in [0.5, 0.6) is 0 Å². The highest BCUT2D eigenvalue weighted by Gasteiger charge is 2.32. The Kier molecular flexibility index (Phi) is 6.84. The first-order valence-corrected chi connectivity index (χ1v) is 11.1. The molecule has 0 bridgehead atoms. The molecule has 7 nitrogen and oxygen atoms in total. The molecule has 1 saturated heterocycles. The van der Waals surface area contributed by atoms with Crippen molar-refractivity contribution in [1.29, 1.82) is 0 Å². The van der Waals surface area contributed by atoms with Gasteiger partial charge in [0.2, 0.25) is 10.0 Å². The maximum atomic E-state index is 13.0. The Bertz CT molecular complexity index is 999. The minimum absolute atomic E-state index is 0.108. The lowest BCUT2D eigenvalue weighted by Crippen LogP contribution is -2.40. The second-order valence-corrected chi connectivity index (χ2v) is 8.85. The Morgan fingerprint density at radius 1 is 1.07 bits per heavy atom. The molecule has 2 aromatic carbocycles. The van der Waals surface area contributed by atoms with Crippen LogP contribution in [0.25, 0.3) is 0 Å². The van der Waals surface area contributed by atoms with Gasteiger partial charge in [0, 0.05) is 24.3 Å².